The lowest BCUT2D eigenvalue weighted by molar-refractivity contribution is -0.122. The van der Waals surface area contributed by atoms with Crippen LogP contribution in [0.5, 0.6) is 5.75 Å². The molecule has 0 saturated heterocycles. The topological polar surface area (TPSA) is 102 Å². The largest absolute Gasteiger partial charge is 0.482 e. The Morgan fingerprint density at radius 1 is 1.40 bits per heavy atom. The van der Waals surface area contributed by atoms with Gasteiger partial charge in [-0.25, -0.2) is 13.1 Å². The molecule has 0 saturated carbocycles. The number of halogens is 1. The van der Waals surface area contributed by atoms with Crippen molar-refractivity contribution in [2.45, 2.75) is 17.9 Å². The number of benzene rings is 1. The molecule has 1 aromatic carbocycles. The zero-order valence-corrected chi connectivity index (χ0v) is 15.2. The highest BCUT2D eigenvalue weighted by atomic mass is 35.5. The fourth-order valence-electron chi connectivity index (χ4n) is 1.94. The highest BCUT2D eigenvalue weighted by molar-refractivity contribution is 7.89. The van der Waals surface area contributed by atoms with E-state index in [-0.39, 0.29) is 34.7 Å². The van der Waals surface area contributed by atoms with Crippen LogP contribution in [0.4, 0.5) is 0 Å². The third-order valence-electron chi connectivity index (χ3n) is 3.27. The van der Waals surface area contributed by atoms with Gasteiger partial charge in [-0.3, -0.25) is 9.48 Å². The Morgan fingerprint density at radius 3 is 2.84 bits per heavy atom. The Labute approximate surface area is 151 Å². The summed E-state index contributed by atoms with van der Waals surface area (Å²) in [5.74, 6) is -0.0745. The van der Waals surface area contributed by atoms with Crippen molar-refractivity contribution in [3.8, 4) is 5.75 Å². The molecule has 1 heterocycles. The summed E-state index contributed by atoms with van der Waals surface area (Å²) in [6.07, 6.45) is 4.08. The molecule has 0 bridgehead atoms. The van der Waals surface area contributed by atoms with E-state index in [0.717, 1.165) is 0 Å². The molecule has 1 amide bonds. The fourth-order valence-corrected chi connectivity index (χ4v) is 3.34. The number of rotatable bonds is 9. The van der Waals surface area contributed by atoms with Gasteiger partial charge in [0.05, 0.1) is 9.92 Å². The number of carbonyl (C=O) groups excluding carboxylic acids is 1. The lowest BCUT2D eigenvalue weighted by Gasteiger charge is -2.10. The van der Waals surface area contributed by atoms with Crippen molar-refractivity contribution >= 4 is 27.5 Å². The number of ether oxygens (including phenoxy) is 1. The summed E-state index contributed by atoms with van der Waals surface area (Å²) in [6.45, 7) is 0.686. The van der Waals surface area contributed by atoms with Crippen LogP contribution in [0.15, 0.2) is 41.6 Å². The number of carbonyl (C=O) groups is 1. The van der Waals surface area contributed by atoms with Crippen molar-refractivity contribution in [1.82, 2.24) is 19.8 Å². The molecular weight excluding hydrogens is 368 g/mol. The number of nitrogens with one attached hydrogen (secondary N) is 2. The maximum atomic E-state index is 12.3. The van der Waals surface area contributed by atoms with Crippen molar-refractivity contribution in [1.29, 1.82) is 0 Å². The second kappa shape index (κ2) is 8.84. The molecule has 0 atom stereocenters. The Bertz CT molecular complexity index is 809. The number of likely N-dealkylation sites (N-methyl/N-ethyl adjacent to an activating group) is 1. The van der Waals surface area contributed by atoms with E-state index in [2.05, 4.69) is 15.1 Å². The van der Waals surface area contributed by atoms with E-state index in [9.17, 15) is 13.2 Å². The number of sulfonamides is 1. The predicted molar refractivity (Wildman–Crippen MR) is 93.0 cm³/mol. The van der Waals surface area contributed by atoms with Crippen LogP contribution >= 0.6 is 11.6 Å². The molecule has 0 radical (unpaired) electrons. The molecule has 10 heteroatoms. The van der Waals surface area contributed by atoms with Gasteiger partial charge in [-0.05, 0) is 30.7 Å². The van der Waals surface area contributed by atoms with Gasteiger partial charge < -0.3 is 10.1 Å². The van der Waals surface area contributed by atoms with Gasteiger partial charge in [-0.2, -0.15) is 5.10 Å². The number of aromatic nitrogens is 2. The highest BCUT2D eigenvalue weighted by Crippen LogP contribution is 2.27. The van der Waals surface area contributed by atoms with Gasteiger partial charge in [-0.15, -0.1) is 0 Å². The summed E-state index contributed by atoms with van der Waals surface area (Å²) in [4.78, 5) is 11.2. The summed E-state index contributed by atoms with van der Waals surface area (Å²) in [7, 11) is -2.19. The van der Waals surface area contributed by atoms with E-state index < -0.39 is 10.0 Å². The van der Waals surface area contributed by atoms with Crippen molar-refractivity contribution < 1.29 is 17.9 Å². The first-order chi connectivity index (χ1) is 11.9. The van der Waals surface area contributed by atoms with Crippen LogP contribution in [0.3, 0.4) is 0 Å². The first-order valence-corrected chi connectivity index (χ1v) is 9.38. The number of hydrogen-bond donors (Lipinski definition) is 2. The van der Waals surface area contributed by atoms with Gasteiger partial charge in [0.25, 0.3) is 5.91 Å². The molecule has 0 fully saturated rings. The third-order valence-corrected chi connectivity index (χ3v) is 5.02. The third kappa shape index (κ3) is 5.73. The van der Waals surface area contributed by atoms with Gasteiger partial charge in [0, 0.05) is 32.5 Å². The molecule has 8 nitrogen and oxygen atoms in total. The number of nitrogens with zero attached hydrogens (tertiary/aromatic N) is 2. The number of amides is 1. The first-order valence-electron chi connectivity index (χ1n) is 7.52. The van der Waals surface area contributed by atoms with E-state index in [4.69, 9.17) is 16.3 Å². The predicted octanol–water partition coefficient (Wildman–Crippen LogP) is 1.03. The first kappa shape index (κ1) is 19.2. The minimum atomic E-state index is -3.68. The van der Waals surface area contributed by atoms with Crippen LogP contribution < -0.4 is 14.8 Å². The van der Waals surface area contributed by atoms with Crippen molar-refractivity contribution in [3.63, 3.8) is 0 Å². The van der Waals surface area contributed by atoms with Crippen LogP contribution in [-0.4, -0.2) is 44.3 Å². The molecule has 0 aliphatic carbocycles. The summed E-state index contributed by atoms with van der Waals surface area (Å²) in [6, 6.07) is 5.89. The second-order valence-electron chi connectivity index (χ2n) is 5.07. The molecule has 0 aliphatic heterocycles. The quantitative estimate of drug-likeness (QED) is 0.626. The second-order valence-corrected chi connectivity index (χ2v) is 7.25. The van der Waals surface area contributed by atoms with Gasteiger partial charge in [0.1, 0.15) is 5.75 Å². The average Bonchev–Trinajstić information content (AvgIpc) is 3.10. The van der Waals surface area contributed by atoms with E-state index in [0.29, 0.717) is 13.0 Å². The zero-order chi connectivity index (χ0) is 18.3. The minimum Gasteiger partial charge on any atom is -0.482 e. The van der Waals surface area contributed by atoms with Crippen molar-refractivity contribution in [2.75, 3.05) is 20.2 Å². The van der Waals surface area contributed by atoms with Crippen molar-refractivity contribution in [3.05, 3.63) is 41.7 Å². The van der Waals surface area contributed by atoms with E-state index in [1.807, 2.05) is 6.20 Å². The average molecular weight is 387 g/mol. The molecule has 2 rings (SSSR count). The van der Waals surface area contributed by atoms with Crippen LogP contribution in [0.25, 0.3) is 0 Å². The molecular formula is C15H19ClN4O4S. The van der Waals surface area contributed by atoms with Crippen molar-refractivity contribution in [2.24, 2.45) is 0 Å². The van der Waals surface area contributed by atoms with Crippen LogP contribution in [0.1, 0.15) is 6.42 Å². The zero-order valence-electron chi connectivity index (χ0n) is 13.6. The van der Waals surface area contributed by atoms with Gasteiger partial charge in [0.2, 0.25) is 10.0 Å². The monoisotopic (exact) mass is 386 g/mol. The molecule has 2 aromatic rings. The van der Waals surface area contributed by atoms with Crippen LogP contribution in [0.2, 0.25) is 5.02 Å². The summed E-state index contributed by atoms with van der Waals surface area (Å²) < 4.78 is 34.0. The standard InChI is InChI=1S/C15H19ClN4O4S/c1-17-15(21)11-24-14-5-4-12(10-13(14)16)25(22,23)19-7-3-9-20-8-2-6-18-20/h2,4-6,8,10,19H,3,7,9,11H2,1H3,(H,17,21). The Balaban J connectivity index is 1.92. The molecule has 0 aliphatic rings. The lowest BCUT2D eigenvalue weighted by atomic mass is 10.3. The van der Waals surface area contributed by atoms with Gasteiger partial charge in [0.15, 0.2) is 6.61 Å². The van der Waals surface area contributed by atoms with Gasteiger partial charge >= 0.3 is 0 Å². The van der Waals surface area contributed by atoms with Crippen LogP contribution in [-0.2, 0) is 21.4 Å². The Kier molecular flexibility index (Phi) is 6.80. The van der Waals surface area contributed by atoms with Crippen LogP contribution in [0, 0.1) is 0 Å². The fraction of sp³-hybridized carbons (Fsp3) is 0.333. The molecule has 136 valence electrons. The minimum absolute atomic E-state index is 0.0314. The number of aryl methyl sites for hydroxylation is 1. The molecule has 0 unspecified atom stereocenters. The Hall–Kier alpha value is -2.10. The Morgan fingerprint density at radius 2 is 2.20 bits per heavy atom. The molecule has 1 aromatic heterocycles. The molecule has 25 heavy (non-hydrogen) atoms. The molecule has 0 spiro atoms. The maximum Gasteiger partial charge on any atom is 0.257 e. The molecule has 2 N–H and O–H groups in total. The van der Waals surface area contributed by atoms with E-state index in [1.165, 1.54) is 25.2 Å². The van der Waals surface area contributed by atoms with E-state index in [1.54, 1.807) is 16.9 Å². The highest BCUT2D eigenvalue weighted by Gasteiger charge is 2.16. The smallest absolute Gasteiger partial charge is 0.257 e. The van der Waals surface area contributed by atoms with Gasteiger partial charge in [-0.1, -0.05) is 11.6 Å². The normalized spacial score (nSPS) is 11.3. The SMILES string of the molecule is CNC(=O)COc1ccc(S(=O)(=O)NCCCn2cccn2)cc1Cl. The maximum absolute atomic E-state index is 12.3. The summed E-state index contributed by atoms with van der Waals surface area (Å²) in [5.41, 5.74) is 0. The lowest BCUT2D eigenvalue weighted by Crippen LogP contribution is -2.26. The summed E-state index contributed by atoms with van der Waals surface area (Å²) in [5, 5.41) is 6.57. The van der Waals surface area contributed by atoms with E-state index >= 15 is 0 Å². The number of hydrogen-bond acceptors (Lipinski definition) is 5. The summed E-state index contributed by atoms with van der Waals surface area (Å²) >= 11 is 6.03.